The van der Waals surface area contributed by atoms with Crippen LogP contribution in [0.4, 0.5) is 5.69 Å². The maximum absolute atomic E-state index is 12.5. The molecular formula is C19H21NO5. The Morgan fingerprint density at radius 2 is 1.76 bits per heavy atom. The van der Waals surface area contributed by atoms with E-state index in [-0.39, 0.29) is 5.91 Å². The van der Waals surface area contributed by atoms with Gasteiger partial charge >= 0.3 is 5.97 Å². The van der Waals surface area contributed by atoms with Crippen LogP contribution in [0.1, 0.15) is 23.7 Å². The van der Waals surface area contributed by atoms with Crippen LogP contribution in [-0.2, 0) is 9.53 Å². The second kappa shape index (κ2) is 8.73. The predicted molar refractivity (Wildman–Crippen MR) is 94.1 cm³/mol. The smallest absolute Gasteiger partial charge is 0.337 e. The average molecular weight is 343 g/mol. The zero-order valence-electron chi connectivity index (χ0n) is 14.4. The molecule has 132 valence electrons. The lowest BCUT2D eigenvalue weighted by Gasteiger charge is -2.19. The van der Waals surface area contributed by atoms with Crippen molar-refractivity contribution < 1.29 is 23.8 Å². The van der Waals surface area contributed by atoms with E-state index >= 15 is 0 Å². The number of hydrogen-bond donors (Lipinski definition) is 1. The third-order valence-electron chi connectivity index (χ3n) is 3.55. The van der Waals surface area contributed by atoms with Gasteiger partial charge in [-0.1, -0.05) is 25.1 Å². The summed E-state index contributed by atoms with van der Waals surface area (Å²) in [5, 5.41) is 2.76. The van der Waals surface area contributed by atoms with Crippen LogP contribution in [-0.4, -0.2) is 32.2 Å². The van der Waals surface area contributed by atoms with E-state index in [1.54, 1.807) is 43.5 Å². The van der Waals surface area contributed by atoms with Gasteiger partial charge in [-0.05, 0) is 36.8 Å². The largest absolute Gasteiger partial charge is 0.493 e. The van der Waals surface area contributed by atoms with Crippen LogP contribution in [0.15, 0.2) is 48.5 Å². The number of methoxy groups -OCH3 is 2. The Hall–Kier alpha value is -3.02. The van der Waals surface area contributed by atoms with Gasteiger partial charge in [0.1, 0.15) is 0 Å². The highest BCUT2D eigenvalue weighted by Crippen LogP contribution is 2.27. The number of benzene rings is 2. The van der Waals surface area contributed by atoms with Crippen molar-refractivity contribution in [2.45, 2.75) is 19.4 Å². The Morgan fingerprint density at radius 1 is 1.04 bits per heavy atom. The van der Waals surface area contributed by atoms with Crippen molar-refractivity contribution in [1.29, 1.82) is 0 Å². The van der Waals surface area contributed by atoms with Crippen LogP contribution in [0.2, 0.25) is 0 Å². The van der Waals surface area contributed by atoms with Crippen molar-refractivity contribution in [3.63, 3.8) is 0 Å². The van der Waals surface area contributed by atoms with Crippen molar-refractivity contribution in [2.75, 3.05) is 19.5 Å². The molecule has 0 spiro atoms. The molecule has 25 heavy (non-hydrogen) atoms. The van der Waals surface area contributed by atoms with Gasteiger partial charge in [-0.2, -0.15) is 0 Å². The quantitative estimate of drug-likeness (QED) is 0.781. The third-order valence-corrected chi connectivity index (χ3v) is 3.55. The second-order valence-corrected chi connectivity index (χ2v) is 5.23. The van der Waals surface area contributed by atoms with E-state index in [0.717, 1.165) is 0 Å². The molecule has 1 atom stereocenters. The normalized spacial score (nSPS) is 11.3. The summed E-state index contributed by atoms with van der Waals surface area (Å²) in [6.45, 7) is 1.85. The van der Waals surface area contributed by atoms with E-state index in [1.807, 2.05) is 19.1 Å². The summed E-state index contributed by atoms with van der Waals surface area (Å²) >= 11 is 0. The standard InChI is InChI=1S/C19H21NO5/c1-4-15(25-17-11-6-5-10-16(17)23-2)18(21)20-14-9-7-8-13(12-14)19(22)24-3/h5-12,15H,4H2,1-3H3,(H,20,21)/t15-/m0/s1. The van der Waals surface area contributed by atoms with Crippen molar-refractivity contribution in [3.8, 4) is 11.5 Å². The molecule has 6 nitrogen and oxygen atoms in total. The highest BCUT2D eigenvalue weighted by atomic mass is 16.5. The Morgan fingerprint density at radius 3 is 2.40 bits per heavy atom. The number of hydrogen-bond acceptors (Lipinski definition) is 5. The Balaban J connectivity index is 2.11. The second-order valence-electron chi connectivity index (χ2n) is 5.23. The average Bonchev–Trinajstić information content (AvgIpc) is 2.65. The number of nitrogens with one attached hydrogen (secondary N) is 1. The van der Waals surface area contributed by atoms with Gasteiger partial charge in [0, 0.05) is 5.69 Å². The van der Waals surface area contributed by atoms with E-state index in [4.69, 9.17) is 9.47 Å². The molecule has 0 aliphatic heterocycles. The zero-order valence-corrected chi connectivity index (χ0v) is 14.4. The van der Waals surface area contributed by atoms with E-state index in [9.17, 15) is 9.59 Å². The lowest BCUT2D eigenvalue weighted by molar-refractivity contribution is -0.122. The molecular weight excluding hydrogens is 322 g/mol. The maximum Gasteiger partial charge on any atom is 0.337 e. The topological polar surface area (TPSA) is 73.9 Å². The van der Waals surface area contributed by atoms with Crippen LogP contribution in [0.25, 0.3) is 0 Å². The Labute approximate surface area is 146 Å². The summed E-state index contributed by atoms with van der Waals surface area (Å²) < 4.78 is 15.7. The minimum absolute atomic E-state index is 0.310. The molecule has 2 rings (SSSR count). The number of carbonyl (C=O) groups is 2. The molecule has 6 heteroatoms. The van der Waals surface area contributed by atoms with Gasteiger partial charge in [-0.25, -0.2) is 4.79 Å². The molecule has 0 fully saturated rings. The fourth-order valence-corrected chi connectivity index (χ4v) is 2.26. The minimum Gasteiger partial charge on any atom is -0.493 e. The molecule has 1 amide bonds. The molecule has 0 aliphatic rings. The van der Waals surface area contributed by atoms with Crippen molar-refractivity contribution >= 4 is 17.6 Å². The van der Waals surface area contributed by atoms with Crippen molar-refractivity contribution in [1.82, 2.24) is 0 Å². The number of rotatable bonds is 7. The van der Waals surface area contributed by atoms with Crippen molar-refractivity contribution in [2.24, 2.45) is 0 Å². The molecule has 0 aromatic heterocycles. The SMILES string of the molecule is CC[C@H](Oc1ccccc1OC)C(=O)Nc1cccc(C(=O)OC)c1. The van der Waals surface area contributed by atoms with Crippen LogP contribution in [0.5, 0.6) is 11.5 Å². The first-order chi connectivity index (χ1) is 12.1. The molecule has 2 aromatic carbocycles. The highest BCUT2D eigenvalue weighted by molar-refractivity contribution is 5.96. The van der Waals surface area contributed by atoms with Gasteiger partial charge in [0.2, 0.25) is 0 Å². The summed E-state index contributed by atoms with van der Waals surface area (Å²) in [7, 11) is 2.85. The van der Waals surface area contributed by atoms with Gasteiger partial charge in [-0.3, -0.25) is 4.79 Å². The molecule has 0 heterocycles. The van der Waals surface area contributed by atoms with Gasteiger partial charge in [-0.15, -0.1) is 0 Å². The van der Waals surface area contributed by atoms with E-state index in [1.165, 1.54) is 7.11 Å². The summed E-state index contributed by atoms with van der Waals surface area (Å²) in [5.74, 6) is 0.278. The number of para-hydroxylation sites is 2. The lowest BCUT2D eigenvalue weighted by atomic mass is 10.2. The number of ether oxygens (including phenoxy) is 3. The minimum atomic E-state index is -0.696. The number of anilines is 1. The summed E-state index contributed by atoms with van der Waals surface area (Å²) in [4.78, 5) is 24.1. The fraction of sp³-hybridized carbons (Fsp3) is 0.263. The number of esters is 1. The Kier molecular flexibility index (Phi) is 6.39. The first-order valence-corrected chi connectivity index (χ1v) is 7.88. The zero-order chi connectivity index (χ0) is 18.2. The number of carbonyl (C=O) groups excluding carboxylic acids is 2. The maximum atomic E-state index is 12.5. The molecule has 0 bridgehead atoms. The van der Waals surface area contributed by atoms with Crippen LogP contribution in [0, 0.1) is 0 Å². The lowest BCUT2D eigenvalue weighted by Crippen LogP contribution is -2.32. The summed E-state index contributed by atoms with van der Waals surface area (Å²) in [5.41, 5.74) is 0.856. The van der Waals surface area contributed by atoms with Crippen molar-refractivity contribution in [3.05, 3.63) is 54.1 Å². The van der Waals surface area contributed by atoms with Gasteiger partial charge in [0.05, 0.1) is 19.8 Å². The fourth-order valence-electron chi connectivity index (χ4n) is 2.26. The van der Waals surface area contributed by atoms with Crippen LogP contribution >= 0.6 is 0 Å². The predicted octanol–water partition coefficient (Wildman–Crippen LogP) is 3.28. The van der Waals surface area contributed by atoms with Gasteiger partial charge in [0.25, 0.3) is 5.91 Å². The number of amides is 1. The highest BCUT2D eigenvalue weighted by Gasteiger charge is 2.20. The monoisotopic (exact) mass is 343 g/mol. The van der Waals surface area contributed by atoms with E-state index < -0.39 is 12.1 Å². The molecule has 0 radical (unpaired) electrons. The third kappa shape index (κ3) is 4.73. The summed E-state index contributed by atoms with van der Waals surface area (Å²) in [6.07, 6.45) is -0.223. The molecule has 0 aliphatic carbocycles. The van der Waals surface area contributed by atoms with E-state index in [0.29, 0.717) is 29.2 Å². The molecule has 1 N–H and O–H groups in total. The van der Waals surface area contributed by atoms with Gasteiger partial charge in [0.15, 0.2) is 17.6 Å². The molecule has 0 unspecified atom stereocenters. The molecule has 0 saturated carbocycles. The summed E-state index contributed by atoms with van der Waals surface area (Å²) in [6, 6.07) is 13.7. The first-order valence-electron chi connectivity index (χ1n) is 7.88. The molecule has 0 saturated heterocycles. The molecule has 2 aromatic rings. The Bertz CT molecular complexity index is 744. The van der Waals surface area contributed by atoms with E-state index in [2.05, 4.69) is 10.1 Å². The van der Waals surface area contributed by atoms with Crippen LogP contribution in [0.3, 0.4) is 0 Å². The van der Waals surface area contributed by atoms with Crippen LogP contribution < -0.4 is 14.8 Å². The first kappa shape index (κ1) is 18.3. The van der Waals surface area contributed by atoms with Gasteiger partial charge < -0.3 is 19.5 Å².